The fourth-order valence-corrected chi connectivity index (χ4v) is 3.41. The minimum atomic E-state index is -0.699. The Bertz CT molecular complexity index is 848. The highest BCUT2D eigenvalue weighted by Crippen LogP contribution is 2.31. The standard InChI is InChI=1S/C20H25N3O3/c1-13(2)19-16(14-7-5-4-6-8-14)9-18(25)23(22-19)12-17(24)21-15-10-20(3,26)11-15/h4-9,13,15,26H,10-12H2,1-3H3,(H,21,24)/t15-,20-. The van der Waals surface area contributed by atoms with E-state index in [1.165, 1.54) is 4.68 Å². The number of aliphatic hydroxyl groups is 1. The molecule has 1 aromatic carbocycles. The molecule has 1 fully saturated rings. The fourth-order valence-electron chi connectivity index (χ4n) is 3.41. The number of aromatic nitrogens is 2. The van der Waals surface area contributed by atoms with Gasteiger partial charge in [0.05, 0.1) is 11.3 Å². The van der Waals surface area contributed by atoms with Crippen LogP contribution in [-0.2, 0) is 11.3 Å². The molecule has 0 spiro atoms. The number of benzene rings is 1. The van der Waals surface area contributed by atoms with Crippen LogP contribution in [0, 0.1) is 0 Å². The number of carbonyl (C=O) groups is 1. The van der Waals surface area contributed by atoms with E-state index in [0.717, 1.165) is 16.8 Å². The van der Waals surface area contributed by atoms with Crippen molar-refractivity contribution < 1.29 is 9.90 Å². The van der Waals surface area contributed by atoms with Gasteiger partial charge in [-0.25, -0.2) is 4.68 Å². The molecule has 2 N–H and O–H groups in total. The third-order valence-corrected chi connectivity index (χ3v) is 4.69. The molecule has 0 atom stereocenters. The van der Waals surface area contributed by atoms with Crippen molar-refractivity contribution in [2.45, 2.75) is 57.7 Å². The minimum absolute atomic E-state index is 0.0404. The Labute approximate surface area is 152 Å². The second-order valence-electron chi connectivity index (χ2n) is 7.63. The van der Waals surface area contributed by atoms with Crippen LogP contribution in [0.15, 0.2) is 41.2 Å². The predicted octanol–water partition coefficient (Wildman–Crippen LogP) is 2.06. The zero-order valence-electron chi connectivity index (χ0n) is 15.4. The highest BCUT2D eigenvalue weighted by atomic mass is 16.3. The molecule has 0 saturated heterocycles. The van der Waals surface area contributed by atoms with Gasteiger partial charge in [0.25, 0.3) is 5.56 Å². The first-order valence-corrected chi connectivity index (χ1v) is 8.94. The van der Waals surface area contributed by atoms with Crippen LogP contribution in [0.3, 0.4) is 0 Å². The Morgan fingerprint density at radius 1 is 1.35 bits per heavy atom. The van der Waals surface area contributed by atoms with Crippen molar-refractivity contribution in [3.8, 4) is 11.1 Å². The van der Waals surface area contributed by atoms with Gasteiger partial charge in [0.15, 0.2) is 0 Å². The van der Waals surface area contributed by atoms with Crippen molar-refractivity contribution in [3.05, 3.63) is 52.4 Å². The number of nitrogens with one attached hydrogen (secondary N) is 1. The Balaban J connectivity index is 1.81. The first kappa shape index (κ1) is 18.3. The summed E-state index contributed by atoms with van der Waals surface area (Å²) < 4.78 is 1.22. The average molecular weight is 355 g/mol. The molecule has 0 aliphatic heterocycles. The van der Waals surface area contributed by atoms with E-state index in [1.54, 1.807) is 13.0 Å². The molecule has 138 valence electrons. The molecule has 1 aromatic heterocycles. The highest BCUT2D eigenvalue weighted by Gasteiger charge is 2.39. The quantitative estimate of drug-likeness (QED) is 0.860. The highest BCUT2D eigenvalue weighted by molar-refractivity contribution is 5.76. The van der Waals surface area contributed by atoms with E-state index in [1.807, 2.05) is 44.2 Å². The normalized spacial score (nSPS) is 22.1. The van der Waals surface area contributed by atoms with E-state index in [9.17, 15) is 14.7 Å². The van der Waals surface area contributed by atoms with Crippen LogP contribution in [0.25, 0.3) is 11.1 Å². The molecule has 1 heterocycles. The first-order chi connectivity index (χ1) is 12.2. The molecule has 1 saturated carbocycles. The van der Waals surface area contributed by atoms with Crippen LogP contribution in [0.2, 0.25) is 0 Å². The lowest BCUT2D eigenvalue weighted by atomic mass is 9.77. The minimum Gasteiger partial charge on any atom is -0.390 e. The summed E-state index contributed by atoms with van der Waals surface area (Å²) in [5, 5.41) is 17.1. The number of carbonyl (C=O) groups excluding carboxylic acids is 1. The second kappa shape index (κ2) is 7.03. The number of nitrogens with zero attached hydrogens (tertiary/aromatic N) is 2. The molecule has 6 nitrogen and oxygen atoms in total. The summed E-state index contributed by atoms with van der Waals surface area (Å²) in [5.74, 6) is -0.149. The molecule has 1 amide bonds. The summed E-state index contributed by atoms with van der Waals surface area (Å²) in [7, 11) is 0. The van der Waals surface area contributed by atoms with Crippen molar-refractivity contribution in [1.29, 1.82) is 0 Å². The molecule has 1 aliphatic carbocycles. The Kier molecular flexibility index (Phi) is 4.96. The largest absolute Gasteiger partial charge is 0.390 e. The van der Waals surface area contributed by atoms with Crippen LogP contribution in [-0.4, -0.2) is 32.4 Å². The van der Waals surface area contributed by atoms with Gasteiger partial charge in [0.2, 0.25) is 5.91 Å². The monoisotopic (exact) mass is 355 g/mol. The fraction of sp³-hybridized carbons (Fsp3) is 0.450. The van der Waals surface area contributed by atoms with E-state index in [2.05, 4.69) is 10.4 Å². The summed E-state index contributed by atoms with van der Waals surface area (Å²) >= 11 is 0. The molecular formula is C20H25N3O3. The Morgan fingerprint density at radius 3 is 2.58 bits per heavy atom. The third-order valence-electron chi connectivity index (χ3n) is 4.69. The maximum Gasteiger partial charge on any atom is 0.267 e. The van der Waals surface area contributed by atoms with Gasteiger partial charge in [-0.15, -0.1) is 0 Å². The Hall–Kier alpha value is -2.47. The molecule has 2 aromatic rings. The van der Waals surface area contributed by atoms with E-state index in [4.69, 9.17) is 0 Å². The number of rotatable bonds is 5. The smallest absolute Gasteiger partial charge is 0.267 e. The van der Waals surface area contributed by atoms with Crippen molar-refractivity contribution in [3.63, 3.8) is 0 Å². The van der Waals surface area contributed by atoms with E-state index in [-0.39, 0.29) is 30.0 Å². The molecule has 26 heavy (non-hydrogen) atoms. The number of hydrogen-bond acceptors (Lipinski definition) is 4. The molecule has 0 radical (unpaired) electrons. The molecular weight excluding hydrogens is 330 g/mol. The van der Waals surface area contributed by atoms with Gasteiger partial charge in [0.1, 0.15) is 6.54 Å². The zero-order chi connectivity index (χ0) is 18.9. The molecule has 0 bridgehead atoms. The molecule has 3 rings (SSSR count). The van der Waals surface area contributed by atoms with Gasteiger partial charge in [-0.05, 0) is 31.2 Å². The molecule has 0 unspecified atom stereocenters. The summed E-state index contributed by atoms with van der Waals surface area (Å²) in [6.45, 7) is 5.66. The lowest BCUT2D eigenvalue weighted by Gasteiger charge is -2.41. The topological polar surface area (TPSA) is 84.2 Å². The molecule has 6 heteroatoms. The van der Waals surface area contributed by atoms with Gasteiger partial charge in [-0.3, -0.25) is 9.59 Å². The maximum absolute atomic E-state index is 12.5. The van der Waals surface area contributed by atoms with Crippen molar-refractivity contribution in [2.24, 2.45) is 0 Å². The van der Waals surface area contributed by atoms with E-state index >= 15 is 0 Å². The van der Waals surface area contributed by atoms with Gasteiger partial charge < -0.3 is 10.4 Å². The van der Waals surface area contributed by atoms with E-state index in [0.29, 0.717) is 12.8 Å². The third kappa shape index (κ3) is 4.02. The lowest BCUT2D eigenvalue weighted by Crippen LogP contribution is -2.54. The lowest BCUT2D eigenvalue weighted by molar-refractivity contribution is -0.125. The van der Waals surface area contributed by atoms with Gasteiger partial charge in [-0.2, -0.15) is 5.10 Å². The van der Waals surface area contributed by atoms with Crippen LogP contribution in [0.1, 0.15) is 45.2 Å². The SMILES string of the molecule is CC(C)c1nn(CC(=O)N[C@H]2C[C@](C)(O)C2)c(=O)cc1-c1ccccc1. The van der Waals surface area contributed by atoms with Crippen LogP contribution < -0.4 is 10.9 Å². The Morgan fingerprint density at radius 2 is 2.00 bits per heavy atom. The van der Waals surface area contributed by atoms with Crippen molar-refractivity contribution in [2.75, 3.05) is 0 Å². The molecule has 1 aliphatic rings. The number of hydrogen-bond donors (Lipinski definition) is 2. The summed E-state index contributed by atoms with van der Waals surface area (Å²) in [6.07, 6.45) is 1.07. The maximum atomic E-state index is 12.5. The summed E-state index contributed by atoms with van der Waals surface area (Å²) in [4.78, 5) is 24.7. The van der Waals surface area contributed by atoms with Gasteiger partial charge in [0, 0.05) is 17.7 Å². The average Bonchev–Trinajstić information content (AvgIpc) is 2.55. The van der Waals surface area contributed by atoms with Gasteiger partial charge >= 0.3 is 0 Å². The van der Waals surface area contributed by atoms with Crippen LogP contribution in [0.5, 0.6) is 0 Å². The van der Waals surface area contributed by atoms with Crippen molar-refractivity contribution in [1.82, 2.24) is 15.1 Å². The first-order valence-electron chi connectivity index (χ1n) is 8.94. The summed E-state index contributed by atoms with van der Waals surface area (Å²) in [5.41, 5.74) is 1.53. The zero-order valence-corrected chi connectivity index (χ0v) is 15.4. The van der Waals surface area contributed by atoms with Crippen molar-refractivity contribution >= 4 is 5.91 Å². The number of amides is 1. The van der Waals surface area contributed by atoms with Crippen LogP contribution in [0.4, 0.5) is 0 Å². The predicted molar refractivity (Wildman–Crippen MR) is 99.8 cm³/mol. The second-order valence-corrected chi connectivity index (χ2v) is 7.63. The van der Waals surface area contributed by atoms with Gasteiger partial charge in [-0.1, -0.05) is 44.2 Å². The summed E-state index contributed by atoms with van der Waals surface area (Å²) in [6, 6.07) is 11.2. The van der Waals surface area contributed by atoms with E-state index < -0.39 is 5.60 Å². The van der Waals surface area contributed by atoms with Crippen LogP contribution >= 0.6 is 0 Å².